The number of fused-ring (bicyclic) bond motifs is 3. The summed E-state index contributed by atoms with van der Waals surface area (Å²) in [6.45, 7) is 8.78. The maximum atomic E-state index is 4.83. The van der Waals surface area contributed by atoms with E-state index in [1.54, 1.807) is 0 Å². The second-order valence-corrected chi connectivity index (χ2v) is 8.07. The molecule has 1 N–H and O–H groups in total. The molecule has 0 atom stereocenters. The first kappa shape index (κ1) is 14.0. The summed E-state index contributed by atoms with van der Waals surface area (Å²) in [6, 6.07) is 8.84. The lowest BCUT2D eigenvalue weighted by molar-refractivity contribution is 0.590. The van der Waals surface area contributed by atoms with Crippen molar-refractivity contribution in [1.82, 2.24) is 14.7 Å². The van der Waals surface area contributed by atoms with Crippen LogP contribution in [0.25, 0.3) is 16.2 Å². The van der Waals surface area contributed by atoms with E-state index < -0.39 is 0 Å². The molecule has 0 unspecified atom stereocenters. The van der Waals surface area contributed by atoms with E-state index in [0.717, 1.165) is 30.2 Å². The Kier molecular flexibility index (Phi) is 3.13. The van der Waals surface area contributed by atoms with Crippen LogP contribution >= 0.6 is 11.3 Å². The molecule has 0 radical (unpaired) electrons. The predicted molar refractivity (Wildman–Crippen MR) is 92.6 cm³/mol. The quantitative estimate of drug-likeness (QED) is 0.736. The molecule has 0 spiro atoms. The van der Waals surface area contributed by atoms with Crippen LogP contribution in [0.4, 0.5) is 0 Å². The van der Waals surface area contributed by atoms with E-state index >= 15 is 0 Å². The number of benzene rings is 1. The third-order valence-electron chi connectivity index (χ3n) is 4.37. The lowest BCUT2D eigenvalue weighted by Gasteiger charge is -2.18. The normalized spacial score (nSPS) is 15.2. The van der Waals surface area contributed by atoms with Gasteiger partial charge in [-0.15, -0.1) is 0 Å². The minimum absolute atomic E-state index is 0.194. The first-order valence-corrected chi connectivity index (χ1v) is 8.65. The highest BCUT2D eigenvalue weighted by molar-refractivity contribution is 7.17. The smallest absolute Gasteiger partial charge is 0.194 e. The van der Waals surface area contributed by atoms with Crippen LogP contribution < -0.4 is 5.32 Å². The molecule has 0 saturated heterocycles. The summed E-state index contributed by atoms with van der Waals surface area (Å²) in [5.41, 5.74) is 5.27. The number of imidazole rings is 1. The van der Waals surface area contributed by atoms with Crippen LogP contribution in [-0.4, -0.2) is 15.9 Å². The van der Waals surface area contributed by atoms with Crippen molar-refractivity contribution < 1.29 is 0 Å². The number of nitrogens with zero attached hydrogens (tertiary/aromatic N) is 2. The summed E-state index contributed by atoms with van der Waals surface area (Å²) >= 11 is 1.81. The molecule has 1 aliphatic rings. The Bertz CT molecular complexity index is 818. The van der Waals surface area contributed by atoms with Crippen molar-refractivity contribution in [3.63, 3.8) is 0 Å². The fourth-order valence-corrected chi connectivity index (χ4v) is 4.14. The maximum Gasteiger partial charge on any atom is 0.194 e. The molecule has 3 aromatic rings. The van der Waals surface area contributed by atoms with Gasteiger partial charge in [0.05, 0.1) is 5.69 Å². The number of hydrogen-bond donors (Lipinski definition) is 1. The van der Waals surface area contributed by atoms with E-state index in [4.69, 9.17) is 4.98 Å². The molecule has 1 aliphatic heterocycles. The average Bonchev–Trinajstić information content (AvgIpc) is 3.04. The lowest BCUT2D eigenvalue weighted by atomic mass is 9.86. The van der Waals surface area contributed by atoms with Gasteiger partial charge in [0.25, 0.3) is 0 Å². The zero-order valence-corrected chi connectivity index (χ0v) is 14.1. The van der Waals surface area contributed by atoms with Gasteiger partial charge in [-0.05, 0) is 11.0 Å². The summed E-state index contributed by atoms with van der Waals surface area (Å²) in [7, 11) is 0. The Morgan fingerprint density at radius 3 is 2.68 bits per heavy atom. The fraction of sp³-hybridized carbons (Fsp3) is 0.389. The predicted octanol–water partition coefficient (Wildman–Crippen LogP) is 4.01. The number of rotatable bonds is 1. The van der Waals surface area contributed by atoms with Gasteiger partial charge >= 0.3 is 0 Å². The Morgan fingerprint density at radius 2 is 1.95 bits per heavy atom. The SMILES string of the molecule is CC(C)(C)c1ccc(-c2cn3c4c(sc3n2)CNCC4)cc1. The van der Waals surface area contributed by atoms with E-state index in [9.17, 15) is 0 Å². The molecule has 0 fully saturated rings. The van der Waals surface area contributed by atoms with Gasteiger partial charge in [0.2, 0.25) is 0 Å². The molecule has 4 heteroatoms. The van der Waals surface area contributed by atoms with Gasteiger partial charge in [-0.1, -0.05) is 56.4 Å². The lowest BCUT2D eigenvalue weighted by Crippen LogP contribution is -2.23. The van der Waals surface area contributed by atoms with Gasteiger partial charge in [-0.3, -0.25) is 4.40 Å². The molecule has 0 aliphatic carbocycles. The summed E-state index contributed by atoms with van der Waals surface area (Å²) < 4.78 is 2.29. The van der Waals surface area contributed by atoms with Crippen molar-refractivity contribution in [2.45, 2.75) is 39.2 Å². The summed E-state index contributed by atoms with van der Waals surface area (Å²) in [5.74, 6) is 0. The van der Waals surface area contributed by atoms with Crippen LogP contribution in [0, 0.1) is 0 Å². The first-order valence-electron chi connectivity index (χ1n) is 7.84. The van der Waals surface area contributed by atoms with Crippen LogP contribution in [0.1, 0.15) is 36.9 Å². The van der Waals surface area contributed by atoms with Gasteiger partial charge in [0.1, 0.15) is 0 Å². The molecule has 114 valence electrons. The van der Waals surface area contributed by atoms with Crippen molar-refractivity contribution in [2.24, 2.45) is 0 Å². The van der Waals surface area contributed by atoms with Gasteiger partial charge in [-0.2, -0.15) is 0 Å². The zero-order valence-electron chi connectivity index (χ0n) is 13.3. The Morgan fingerprint density at radius 1 is 1.18 bits per heavy atom. The molecule has 3 nitrogen and oxygen atoms in total. The van der Waals surface area contributed by atoms with Gasteiger partial charge in [0, 0.05) is 41.8 Å². The molecule has 0 saturated carbocycles. The van der Waals surface area contributed by atoms with Crippen LogP contribution in [0.3, 0.4) is 0 Å². The number of aromatic nitrogens is 2. The van der Waals surface area contributed by atoms with Crippen LogP contribution in [0.2, 0.25) is 0 Å². The second kappa shape index (κ2) is 4.93. The van der Waals surface area contributed by atoms with Crippen molar-refractivity contribution in [3.05, 3.63) is 46.6 Å². The Labute approximate surface area is 135 Å². The largest absolute Gasteiger partial charge is 0.311 e. The van der Waals surface area contributed by atoms with Crippen molar-refractivity contribution in [1.29, 1.82) is 0 Å². The third-order valence-corrected chi connectivity index (χ3v) is 5.47. The van der Waals surface area contributed by atoms with E-state index in [1.807, 2.05) is 11.3 Å². The van der Waals surface area contributed by atoms with Crippen LogP contribution in [0.15, 0.2) is 30.5 Å². The second-order valence-electron chi connectivity index (χ2n) is 7.00. The molecule has 0 bridgehead atoms. The summed E-state index contributed by atoms with van der Waals surface area (Å²) in [6.07, 6.45) is 3.29. The summed E-state index contributed by atoms with van der Waals surface area (Å²) in [4.78, 5) is 7.38. The van der Waals surface area contributed by atoms with Crippen molar-refractivity contribution in [2.75, 3.05) is 6.54 Å². The standard InChI is InChI=1S/C18H21N3S/c1-18(2,3)13-6-4-12(5-7-13)14-11-21-15-8-9-19-10-16(15)22-17(21)20-14/h4-7,11,19H,8-10H2,1-3H3. The first-order chi connectivity index (χ1) is 10.5. The Hall–Kier alpha value is -1.65. The van der Waals surface area contributed by atoms with E-state index in [1.165, 1.54) is 21.7 Å². The minimum atomic E-state index is 0.194. The van der Waals surface area contributed by atoms with E-state index in [2.05, 4.69) is 61.0 Å². The highest BCUT2D eigenvalue weighted by Crippen LogP contribution is 2.30. The molecular formula is C18H21N3S. The zero-order chi connectivity index (χ0) is 15.3. The molecule has 22 heavy (non-hydrogen) atoms. The van der Waals surface area contributed by atoms with Gasteiger partial charge in [-0.25, -0.2) is 4.98 Å². The molecule has 4 rings (SSSR count). The van der Waals surface area contributed by atoms with Gasteiger partial charge < -0.3 is 5.32 Å². The minimum Gasteiger partial charge on any atom is -0.311 e. The van der Waals surface area contributed by atoms with Crippen molar-refractivity contribution >= 4 is 16.3 Å². The molecule has 0 amide bonds. The molecule has 3 heterocycles. The monoisotopic (exact) mass is 311 g/mol. The Balaban J connectivity index is 1.73. The number of hydrogen-bond acceptors (Lipinski definition) is 3. The highest BCUT2D eigenvalue weighted by atomic mass is 32.1. The topological polar surface area (TPSA) is 29.3 Å². The van der Waals surface area contributed by atoms with E-state index in [-0.39, 0.29) is 5.41 Å². The maximum absolute atomic E-state index is 4.83. The molecular weight excluding hydrogens is 290 g/mol. The molecule has 2 aromatic heterocycles. The number of nitrogens with one attached hydrogen (secondary N) is 1. The molecule has 1 aromatic carbocycles. The van der Waals surface area contributed by atoms with Gasteiger partial charge in [0.15, 0.2) is 4.96 Å². The van der Waals surface area contributed by atoms with Crippen LogP contribution in [-0.2, 0) is 18.4 Å². The summed E-state index contributed by atoms with van der Waals surface area (Å²) in [5, 5.41) is 3.43. The highest BCUT2D eigenvalue weighted by Gasteiger charge is 2.18. The van der Waals surface area contributed by atoms with Crippen LogP contribution in [0.5, 0.6) is 0 Å². The van der Waals surface area contributed by atoms with Crippen molar-refractivity contribution in [3.8, 4) is 11.3 Å². The third kappa shape index (κ3) is 2.27. The fourth-order valence-electron chi connectivity index (χ4n) is 3.02. The van der Waals surface area contributed by atoms with E-state index in [0.29, 0.717) is 0 Å². The average molecular weight is 311 g/mol. The number of thiazole rings is 1.